The molecule has 0 aliphatic carbocycles. The minimum atomic E-state index is 0.495. The monoisotopic (exact) mass is 217 g/mol. The highest BCUT2D eigenvalue weighted by molar-refractivity contribution is 5.70. The van der Waals surface area contributed by atoms with E-state index in [4.69, 9.17) is 11.0 Å². The van der Waals surface area contributed by atoms with E-state index in [-0.39, 0.29) is 0 Å². The average molecular weight is 217 g/mol. The molecule has 0 amide bonds. The number of likely N-dealkylation sites (N-methyl/N-ethyl adjacent to an activating group) is 1. The van der Waals surface area contributed by atoms with Crippen LogP contribution in [0.15, 0.2) is 12.3 Å². The Morgan fingerprint density at radius 1 is 1.38 bits per heavy atom. The van der Waals surface area contributed by atoms with Crippen LogP contribution in [0.5, 0.6) is 0 Å². The summed E-state index contributed by atoms with van der Waals surface area (Å²) >= 11 is 0. The van der Waals surface area contributed by atoms with Crippen LogP contribution < -0.4 is 10.6 Å². The number of hydrogen-bond acceptors (Lipinski definition) is 5. The van der Waals surface area contributed by atoms with E-state index in [0.29, 0.717) is 11.3 Å². The number of nitriles is 1. The summed E-state index contributed by atoms with van der Waals surface area (Å²) in [6, 6.07) is 3.73. The van der Waals surface area contributed by atoms with Crippen molar-refractivity contribution in [2.45, 2.75) is 0 Å². The third kappa shape index (κ3) is 1.92. The predicted molar refractivity (Wildman–Crippen MR) is 63.1 cm³/mol. The quantitative estimate of drug-likeness (QED) is 0.732. The molecule has 0 bridgehead atoms. The summed E-state index contributed by atoms with van der Waals surface area (Å²) in [5.74, 6) is 0.743. The lowest BCUT2D eigenvalue weighted by Gasteiger charge is -2.33. The minimum absolute atomic E-state index is 0.495. The molecule has 1 aliphatic rings. The molecule has 0 aromatic carbocycles. The topological polar surface area (TPSA) is 69.2 Å². The average Bonchev–Trinajstić information content (AvgIpc) is 2.31. The number of anilines is 2. The SMILES string of the molecule is CN1CCN(c2nccc(C#N)c2N)CC1. The number of piperazine rings is 1. The van der Waals surface area contributed by atoms with Gasteiger partial charge in [0.15, 0.2) is 5.82 Å². The first-order valence-corrected chi connectivity index (χ1v) is 5.30. The molecule has 1 aromatic rings. The van der Waals surface area contributed by atoms with Gasteiger partial charge >= 0.3 is 0 Å². The maximum Gasteiger partial charge on any atom is 0.153 e. The lowest BCUT2D eigenvalue weighted by Crippen LogP contribution is -2.45. The van der Waals surface area contributed by atoms with Gasteiger partial charge in [-0.15, -0.1) is 0 Å². The van der Waals surface area contributed by atoms with E-state index in [2.05, 4.69) is 27.9 Å². The van der Waals surface area contributed by atoms with Gasteiger partial charge in [0, 0.05) is 32.4 Å². The second-order valence-electron chi connectivity index (χ2n) is 4.00. The van der Waals surface area contributed by atoms with Crippen molar-refractivity contribution in [1.29, 1.82) is 5.26 Å². The number of pyridine rings is 1. The number of nitrogens with two attached hydrogens (primary N) is 1. The molecule has 0 saturated carbocycles. The summed E-state index contributed by atoms with van der Waals surface area (Å²) < 4.78 is 0. The predicted octanol–water partition coefficient (Wildman–Crippen LogP) is 0.287. The molecule has 0 atom stereocenters. The fourth-order valence-corrected chi connectivity index (χ4v) is 1.83. The van der Waals surface area contributed by atoms with Gasteiger partial charge in [0.05, 0.1) is 11.3 Å². The zero-order valence-corrected chi connectivity index (χ0v) is 9.35. The summed E-state index contributed by atoms with van der Waals surface area (Å²) in [6.07, 6.45) is 1.64. The van der Waals surface area contributed by atoms with Crippen molar-refractivity contribution in [3.63, 3.8) is 0 Å². The van der Waals surface area contributed by atoms with Gasteiger partial charge in [-0.2, -0.15) is 5.26 Å². The van der Waals surface area contributed by atoms with Gasteiger partial charge in [-0.05, 0) is 13.1 Å². The summed E-state index contributed by atoms with van der Waals surface area (Å²) in [6.45, 7) is 3.81. The molecular formula is C11H15N5. The minimum Gasteiger partial charge on any atom is -0.395 e. The molecule has 1 aromatic heterocycles. The maximum absolute atomic E-state index is 8.90. The number of nitrogens with zero attached hydrogens (tertiary/aromatic N) is 4. The molecule has 1 saturated heterocycles. The third-order valence-electron chi connectivity index (χ3n) is 2.89. The fourth-order valence-electron chi connectivity index (χ4n) is 1.83. The van der Waals surface area contributed by atoms with Gasteiger partial charge in [0.2, 0.25) is 0 Å². The molecule has 2 heterocycles. The number of aromatic nitrogens is 1. The largest absolute Gasteiger partial charge is 0.395 e. The summed E-state index contributed by atoms with van der Waals surface area (Å²) in [5, 5.41) is 8.90. The molecule has 5 heteroatoms. The van der Waals surface area contributed by atoms with Crippen molar-refractivity contribution in [3.8, 4) is 6.07 Å². The highest BCUT2D eigenvalue weighted by atomic mass is 15.3. The van der Waals surface area contributed by atoms with Crippen molar-refractivity contribution < 1.29 is 0 Å². The highest BCUT2D eigenvalue weighted by Crippen LogP contribution is 2.23. The molecule has 2 N–H and O–H groups in total. The zero-order chi connectivity index (χ0) is 11.5. The number of nitrogen functional groups attached to an aromatic ring is 1. The number of hydrogen-bond donors (Lipinski definition) is 1. The molecule has 1 aliphatic heterocycles. The standard InChI is InChI=1S/C11H15N5/c1-15-4-6-16(7-5-15)11-10(13)9(8-12)2-3-14-11/h2-3H,4-7,13H2,1H3. The molecule has 1 fully saturated rings. The second kappa shape index (κ2) is 4.37. The van der Waals surface area contributed by atoms with E-state index in [1.54, 1.807) is 12.3 Å². The Hall–Kier alpha value is -1.80. The van der Waals surface area contributed by atoms with Crippen LogP contribution in [0.1, 0.15) is 5.56 Å². The third-order valence-corrected chi connectivity index (χ3v) is 2.89. The van der Waals surface area contributed by atoms with Crippen LogP contribution in [0.25, 0.3) is 0 Å². The van der Waals surface area contributed by atoms with Crippen LogP contribution in [-0.4, -0.2) is 43.1 Å². The van der Waals surface area contributed by atoms with Crippen molar-refractivity contribution >= 4 is 11.5 Å². The van der Waals surface area contributed by atoms with Crippen LogP contribution in [0.4, 0.5) is 11.5 Å². The molecule has 0 spiro atoms. The van der Waals surface area contributed by atoms with E-state index in [1.807, 2.05) is 0 Å². The van der Waals surface area contributed by atoms with Crippen LogP contribution >= 0.6 is 0 Å². The van der Waals surface area contributed by atoms with Crippen LogP contribution in [0.2, 0.25) is 0 Å². The van der Waals surface area contributed by atoms with Crippen molar-refractivity contribution in [2.75, 3.05) is 43.9 Å². The van der Waals surface area contributed by atoms with Crippen LogP contribution in [0.3, 0.4) is 0 Å². The maximum atomic E-state index is 8.90. The van der Waals surface area contributed by atoms with E-state index in [0.717, 1.165) is 32.0 Å². The Labute approximate surface area is 95.1 Å². The zero-order valence-electron chi connectivity index (χ0n) is 9.35. The Kier molecular flexibility index (Phi) is 2.93. The molecule has 2 rings (SSSR count). The lowest BCUT2D eigenvalue weighted by molar-refractivity contribution is 0.312. The van der Waals surface area contributed by atoms with Crippen LogP contribution in [0, 0.1) is 11.3 Å². The van der Waals surface area contributed by atoms with Crippen LogP contribution in [-0.2, 0) is 0 Å². The van der Waals surface area contributed by atoms with Gasteiger partial charge in [-0.25, -0.2) is 4.98 Å². The Bertz CT molecular complexity index is 415. The smallest absolute Gasteiger partial charge is 0.153 e. The van der Waals surface area contributed by atoms with Crippen molar-refractivity contribution in [1.82, 2.24) is 9.88 Å². The molecule has 16 heavy (non-hydrogen) atoms. The van der Waals surface area contributed by atoms with E-state index in [9.17, 15) is 0 Å². The summed E-state index contributed by atoms with van der Waals surface area (Å²) in [7, 11) is 2.10. The molecular weight excluding hydrogens is 202 g/mol. The van der Waals surface area contributed by atoms with E-state index < -0.39 is 0 Å². The molecule has 84 valence electrons. The van der Waals surface area contributed by atoms with Gasteiger partial charge in [-0.3, -0.25) is 0 Å². The van der Waals surface area contributed by atoms with Gasteiger partial charge < -0.3 is 15.5 Å². The fraction of sp³-hybridized carbons (Fsp3) is 0.455. The van der Waals surface area contributed by atoms with E-state index in [1.165, 1.54) is 0 Å². The first-order valence-electron chi connectivity index (χ1n) is 5.30. The van der Waals surface area contributed by atoms with Crippen molar-refractivity contribution in [2.24, 2.45) is 0 Å². The normalized spacial score (nSPS) is 17.1. The first-order chi connectivity index (χ1) is 7.72. The Morgan fingerprint density at radius 2 is 2.06 bits per heavy atom. The molecule has 0 radical (unpaired) electrons. The molecule has 5 nitrogen and oxygen atoms in total. The Balaban J connectivity index is 2.24. The second-order valence-corrected chi connectivity index (χ2v) is 4.00. The highest BCUT2D eigenvalue weighted by Gasteiger charge is 2.18. The van der Waals surface area contributed by atoms with Crippen molar-refractivity contribution in [3.05, 3.63) is 17.8 Å². The lowest BCUT2D eigenvalue weighted by atomic mass is 10.2. The van der Waals surface area contributed by atoms with Gasteiger partial charge in [-0.1, -0.05) is 0 Å². The van der Waals surface area contributed by atoms with E-state index >= 15 is 0 Å². The Morgan fingerprint density at radius 3 is 2.69 bits per heavy atom. The summed E-state index contributed by atoms with van der Waals surface area (Å²) in [5.41, 5.74) is 6.92. The van der Waals surface area contributed by atoms with Gasteiger partial charge in [0.1, 0.15) is 6.07 Å². The molecule has 0 unspecified atom stereocenters. The summed E-state index contributed by atoms with van der Waals surface area (Å²) in [4.78, 5) is 8.67. The first kappa shape index (κ1) is 10.7. The number of rotatable bonds is 1. The van der Waals surface area contributed by atoms with Gasteiger partial charge in [0.25, 0.3) is 0 Å².